The molecule has 1 amide bonds. The summed E-state index contributed by atoms with van der Waals surface area (Å²) in [7, 11) is 0. The molecule has 29 heavy (non-hydrogen) atoms. The highest BCUT2D eigenvalue weighted by atomic mass is 16.5. The molecule has 1 saturated heterocycles. The van der Waals surface area contributed by atoms with Crippen molar-refractivity contribution in [1.29, 1.82) is 0 Å². The molecule has 0 bridgehead atoms. The van der Waals surface area contributed by atoms with Gasteiger partial charge in [0.1, 0.15) is 5.75 Å². The minimum absolute atomic E-state index is 0.00532. The number of benzene rings is 1. The number of phenols is 1. The van der Waals surface area contributed by atoms with Crippen LogP contribution in [0.1, 0.15) is 79.2 Å². The van der Waals surface area contributed by atoms with Crippen LogP contribution in [0, 0.1) is 11.8 Å². The molecule has 164 valence electrons. The molecule has 0 aromatic heterocycles. The Morgan fingerprint density at radius 2 is 1.66 bits per heavy atom. The van der Waals surface area contributed by atoms with Gasteiger partial charge in [-0.25, -0.2) is 0 Å². The molecule has 1 fully saturated rings. The third-order valence-electron chi connectivity index (χ3n) is 6.29. The van der Waals surface area contributed by atoms with E-state index in [0.717, 1.165) is 38.5 Å². The number of amides is 1. The Balaban J connectivity index is 1.75. The lowest BCUT2D eigenvalue weighted by atomic mass is 9.79. The molecule has 2 rings (SSSR count). The lowest BCUT2D eigenvalue weighted by molar-refractivity contribution is -0.246. The average molecular weight is 405 g/mol. The number of phenolic OH excluding ortho intramolecular Hbond substituents is 1. The fourth-order valence-electron chi connectivity index (χ4n) is 4.76. The van der Waals surface area contributed by atoms with Crippen LogP contribution in [-0.2, 0) is 11.2 Å². The predicted molar refractivity (Wildman–Crippen MR) is 117 cm³/mol. The molecule has 1 aliphatic heterocycles. The first kappa shape index (κ1) is 23.7. The lowest BCUT2D eigenvalue weighted by Crippen LogP contribution is -2.63. The number of rotatable bonds is 8. The van der Waals surface area contributed by atoms with Crippen molar-refractivity contribution in [2.75, 3.05) is 0 Å². The zero-order valence-corrected chi connectivity index (χ0v) is 19.0. The summed E-state index contributed by atoms with van der Waals surface area (Å²) in [4.78, 5) is 12.7. The molecule has 0 spiro atoms. The Hall–Kier alpha value is -1.59. The van der Waals surface area contributed by atoms with Gasteiger partial charge in [0.25, 0.3) is 0 Å². The summed E-state index contributed by atoms with van der Waals surface area (Å²) < 4.78 is 0. The van der Waals surface area contributed by atoms with Gasteiger partial charge in [0.05, 0.1) is 0 Å². The summed E-state index contributed by atoms with van der Waals surface area (Å²) in [6.07, 6.45) is 5.48. The van der Waals surface area contributed by atoms with Crippen molar-refractivity contribution in [2.24, 2.45) is 11.8 Å². The van der Waals surface area contributed by atoms with Crippen LogP contribution in [0.4, 0.5) is 0 Å². The van der Waals surface area contributed by atoms with E-state index >= 15 is 0 Å². The Morgan fingerprint density at radius 1 is 1.10 bits per heavy atom. The first-order valence-corrected chi connectivity index (χ1v) is 11.0. The molecule has 0 radical (unpaired) electrons. The zero-order valence-electron chi connectivity index (χ0n) is 19.0. The summed E-state index contributed by atoms with van der Waals surface area (Å²) >= 11 is 0. The van der Waals surface area contributed by atoms with E-state index in [4.69, 9.17) is 0 Å². The summed E-state index contributed by atoms with van der Waals surface area (Å²) in [5.74, 6) is 0.969. The number of carbonyl (C=O) groups is 1. The Bertz CT molecular complexity index is 651. The number of aromatic hydroxyl groups is 1. The van der Waals surface area contributed by atoms with Crippen LogP contribution >= 0.6 is 0 Å². The van der Waals surface area contributed by atoms with Gasteiger partial charge in [0, 0.05) is 23.0 Å². The molecule has 5 heteroatoms. The molecule has 1 heterocycles. The number of nitrogens with one attached hydrogen (secondary N) is 1. The number of piperidine rings is 1. The predicted octanol–water partition coefficient (Wildman–Crippen LogP) is 4.90. The standard InChI is InChI=1S/C24H40N2O3/c1-17(14-19-10-12-21(27)13-11-19)8-7-9-18(2)22(28)25-20-15-23(3,4)26(29)24(5,6)16-20/h10-13,17-18,20,27,29H,7-9,14-16H2,1-6H3,(H,25,28). The van der Waals surface area contributed by atoms with Crippen LogP contribution in [-0.4, -0.2) is 38.4 Å². The highest BCUT2D eigenvalue weighted by molar-refractivity contribution is 5.78. The molecule has 3 N–H and O–H groups in total. The first-order valence-electron chi connectivity index (χ1n) is 11.0. The van der Waals surface area contributed by atoms with Crippen LogP contribution in [0.3, 0.4) is 0 Å². The molecular weight excluding hydrogens is 364 g/mol. The maximum absolute atomic E-state index is 12.7. The van der Waals surface area contributed by atoms with Gasteiger partial charge in [0.15, 0.2) is 0 Å². The van der Waals surface area contributed by atoms with Crippen molar-refractivity contribution in [3.8, 4) is 5.75 Å². The second kappa shape index (κ2) is 9.48. The van der Waals surface area contributed by atoms with Gasteiger partial charge < -0.3 is 15.6 Å². The van der Waals surface area contributed by atoms with Crippen LogP contribution in [0.5, 0.6) is 5.75 Å². The van der Waals surface area contributed by atoms with Gasteiger partial charge in [0.2, 0.25) is 5.91 Å². The van der Waals surface area contributed by atoms with Crippen LogP contribution in [0.25, 0.3) is 0 Å². The number of nitrogens with zero attached hydrogens (tertiary/aromatic N) is 1. The fourth-order valence-corrected chi connectivity index (χ4v) is 4.76. The maximum Gasteiger partial charge on any atom is 0.223 e. The number of hydrogen-bond acceptors (Lipinski definition) is 4. The van der Waals surface area contributed by atoms with Gasteiger partial charge in [-0.3, -0.25) is 4.79 Å². The van der Waals surface area contributed by atoms with Crippen molar-refractivity contribution >= 4 is 5.91 Å². The Morgan fingerprint density at radius 3 is 2.21 bits per heavy atom. The molecule has 1 aromatic rings. The van der Waals surface area contributed by atoms with Gasteiger partial charge in [-0.2, -0.15) is 5.06 Å². The molecule has 1 aromatic carbocycles. The number of carbonyl (C=O) groups excluding carboxylic acids is 1. The summed E-state index contributed by atoms with van der Waals surface area (Å²) in [5, 5.41) is 24.5. The molecule has 2 unspecified atom stereocenters. The minimum atomic E-state index is -0.355. The van der Waals surface area contributed by atoms with E-state index in [1.165, 1.54) is 10.6 Å². The quantitative estimate of drug-likeness (QED) is 0.576. The molecule has 5 nitrogen and oxygen atoms in total. The van der Waals surface area contributed by atoms with Crippen LogP contribution in [0.2, 0.25) is 0 Å². The molecule has 0 aliphatic carbocycles. The third kappa shape index (κ3) is 6.71. The molecule has 0 saturated carbocycles. The second-order valence-electron chi connectivity index (χ2n) is 10.4. The average Bonchev–Trinajstić information content (AvgIpc) is 2.61. The molecular formula is C24H40N2O3. The SMILES string of the molecule is CC(CCCC(C)C(=O)NC1CC(C)(C)N(O)C(C)(C)C1)Cc1ccc(O)cc1. The van der Waals surface area contributed by atoms with Crippen molar-refractivity contribution < 1.29 is 15.1 Å². The van der Waals surface area contributed by atoms with Gasteiger partial charge in [-0.15, -0.1) is 0 Å². The Kier molecular flexibility index (Phi) is 7.74. The van der Waals surface area contributed by atoms with Crippen molar-refractivity contribution in [2.45, 2.75) is 97.2 Å². The number of hydrogen-bond donors (Lipinski definition) is 3. The van der Waals surface area contributed by atoms with Gasteiger partial charge in [-0.1, -0.05) is 38.8 Å². The van der Waals surface area contributed by atoms with Crippen LogP contribution in [0.15, 0.2) is 24.3 Å². The van der Waals surface area contributed by atoms with Gasteiger partial charge >= 0.3 is 0 Å². The second-order valence-corrected chi connectivity index (χ2v) is 10.4. The largest absolute Gasteiger partial charge is 0.508 e. The number of hydroxylamine groups is 2. The smallest absolute Gasteiger partial charge is 0.223 e. The van der Waals surface area contributed by atoms with Gasteiger partial charge in [-0.05, 0) is 77.0 Å². The summed E-state index contributed by atoms with van der Waals surface area (Å²) in [5.41, 5.74) is 0.528. The molecule has 2 atom stereocenters. The van der Waals surface area contributed by atoms with E-state index in [0.29, 0.717) is 11.7 Å². The zero-order chi connectivity index (χ0) is 21.8. The highest BCUT2D eigenvalue weighted by Crippen LogP contribution is 2.36. The first-order chi connectivity index (χ1) is 13.4. The summed E-state index contributed by atoms with van der Waals surface area (Å²) in [6.45, 7) is 12.3. The highest BCUT2D eigenvalue weighted by Gasteiger charge is 2.45. The monoisotopic (exact) mass is 404 g/mol. The Labute approximate surface area is 176 Å². The van der Waals surface area contributed by atoms with Crippen molar-refractivity contribution in [3.05, 3.63) is 29.8 Å². The van der Waals surface area contributed by atoms with E-state index in [9.17, 15) is 15.1 Å². The van der Waals surface area contributed by atoms with E-state index in [1.807, 2.05) is 46.8 Å². The van der Waals surface area contributed by atoms with Crippen LogP contribution < -0.4 is 5.32 Å². The third-order valence-corrected chi connectivity index (χ3v) is 6.29. The minimum Gasteiger partial charge on any atom is -0.508 e. The fraction of sp³-hybridized carbons (Fsp3) is 0.708. The lowest BCUT2D eigenvalue weighted by Gasteiger charge is -2.51. The van der Waals surface area contributed by atoms with E-state index < -0.39 is 0 Å². The van der Waals surface area contributed by atoms with E-state index in [1.54, 1.807) is 12.1 Å². The topological polar surface area (TPSA) is 72.8 Å². The molecule has 1 aliphatic rings. The van der Waals surface area contributed by atoms with E-state index in [-0.39, 0.29) is 28.9 Å². The normalized spacial score (nSPS) is 21.5. The summed E-state index contributed by atoms with van der Waals surface area (Å²) in [6, 6.07) is 7.51. The maximum atomic E-state index is 12.7. The van der Waals surface area contributed by atoms with Crippen molar-refractivity contribution in [1.82, 2.24) is 10.4 Å². The van der Waals surface area contributed by atoms with Crippen molar-refractivity contribution in [3.63, 3.8) is 0 Å². The van der Waals surface area contributed by atoms with E-state index in [2.05, 4.69) is 12.2 Å².